The normalized spacial score (nSPS) is 51.1. The number of rotatable bonds is 2. The van der Waals surface area contributed by atoms with Crippen molar-refractivity contribution < 1.29 is 29.2 Å². The van der Waals surface area contributed by atoms with Crippen molar-refractivity contribution in [3.8, 4) is 11.5 Å². The van der Waals surface area contributed by atoms with Crippen molar-refractivity contribution in [3.05, 3.63) is 23.3 Å². The minimum Gasteiger partial charge on any atom is -0.504 e. The van der Waals surface area contributed by atoms with Crippen LogP contribution in [0.4, 0.5) is 0 Å². The molecule has 2 spiro atoms. The number of aliphatic hydroxyl groups is 1. The topological polar surface area (TPSA) is 83.9 Å². The lowest BCUT2D eigenvalue weighted by Gasteiger charge is -2.66. The minimum atomic E-state index is -0.919. The first kappa shape index (κ1) is 18.9. The van der Waals surface area contributed by atoms with Gasteiger partial charge in [0, 0.05) is 18.2 Å². The molecule has 9 rings (SSSR count). The minimum absolute atomic E-state index is 0.0630. The van der Waals surface area contributed by atoms with E-state index in [1.54, 1.807) is 6.07 Å². The summed E-state index contributed by atoms with van der Waals surface area (Å²) in [6, 6.07) is 4.09. The maximum absolute atomic E-state index is 12.7. The van der Waals surface area contributed by atoms with E-state index in [2.05, 4.69) is 15.9 Å². The molecule has 0 aromatic heterocycles. The van der Waals surface area contributed by atoms with E-state index in [-0.39, 0.29) is 24.1 Å². The number of piperidine rings is 1. The third kappa shape index (κ3) is 1.94. The summed E-state index contributed by atoms with van der Waals surface area (Å²) in [5, 5.41) is 23.5. The molecule has 2 bridgehead atoms. The van der Waals surface area contributed by atoms with Crippen LogP contribution in [0.5, 0.6) is 11.5 Å². The highest BCUT2D eigenvalue weighted by atomic mass is 16.8. The quantitative estimate of drug-likeness (QED) is 0.687. The van der Waals surface area contributed by atoms with Crippen molar-refractivity contribution >= 4 is 0 Å². The molecule has 176 valence electrons. The number of phenols is 1. The van der Waals surface area contributed by atoms with E-state index in [1.165, 1.54) is 18.4 Å². The van der Waals surface area contributed by atoms with Crippen molar-refractivity contribution in [1.29, 1.82) is 0 Å². The van der Waals surface area contributed by atoms with Gasteiger partial charge in [0.15, 0.2) is 17.1 Å². The summed E-state index contributed by atoms with van der Waals surface area (Å²) in [5.74, 6) is 1.49. The lowest BCUT2D eigenvalue weighted by Crippen LogP contribution is -2.80. The van der Waals surface area contributed by atoms with Crippen molar-refractivity contribution in [2.45, 2.75) is 86.0 Å². The molecule has 2 saturated carbocycles. The van der Waals surface area contributed by atoms with Gasteiger partial charge in [-0.3, -0.25) is 4.90 Å². The van der Waals surface area contributed by atoms with Crippen molar-refractivity contribution in [2.75, 3.05) is 26.3 Å². The molecule has 0 amide bonds. The van der Waals surface area contributed by atoms with Crippen LogP contribution >= 0.6 is 0 Å². The summed E-state index contributed by atoms with van der Waals surface area (Å²) in [4.78, 5) is 4.79. The van der Waals surface area contributed by atoms with Gasteiger partial charge in [0.2, 0.25) is 6.41 Å². The average Bonchev–Trinajstić information content (AvgIpc) is 3.14. The van der Waals surface area contributed by atoms with E-state index >= 15 is 0 Å². The summed E-state index contributed by atoms with van der Waals surface area (Å²) in [5.41, 5.74) is -0.0223. The lowest BCUT2D eigenvalue weighted by atomic mass is 9.46. The van der Waals surface area contributed by atoms with Crippen LogP contribution in [-0.2, 0) is 26.0 Å². The Kier molecular flexibility index (Phi) is 3.25. The monoisotopic (exact) mass is 454 g/mol. The highest BCUT2D eigenvalue weighted by molar-refractivity contribution is 5.63. The van der Waals surface area contributed by atoms with Gasteiger partial charge in [-0.05, 0) is 62.6 Å². The Morgan fingerprint density at radius 1 is 1.09 bits per heavy atom. The lowest BCUT2D eigenvalue weighted by molar-refractivity contribution is -0.274. The molecular weight excluding hydrogens is 424 g/mol. The Bertz CT molecular complexity index is 1080. The Morgan fingerprint density at radius 3 is 2.85 bits per heavy atom. The molecule has 0 unspecified atom stereocenters. The van der Waals surface area contributed by atoms with Crippen LogP contribution in [-0.4, -0.2) is 88.3 Å². The Labute approximate surface area is 192 Å². The van der Waals surface area contributed by atoms with Gasteiger partial charge in [-0.15, -0.1) is 0 Å². The summed E-state index contributed by atoms with van der Waals surface area (Å²) >= 11 is 0. The molecule has 1 aromatic carbocycles. The van der Waals surface area contributed by atoms with Gasteiger partial charge in [-0.2, -0.15) is 0 Å². The molecule has 5 heterocycles. The zero-order chi connectivity index (χ0) is 21.7. The largest absolute Gasteiger partial charge is 0.504 e. The van der Waals surface area contributed by atoms with Crippen molar-refractivity contribution in [2.24, 2.45) is 5.92 Å². The van der Waals surface area contributed by atoms with Crippen LogP contribution in [0.2, 0.25) is 0 Å². The molecule has 0 radical (unpaired) electrons. The smallest absolute Gasteiger partial charge is 0.222 e. The van der Waals surface area contributed by atoms with Gasteiger partial charge in [-0.1, -0.05) is 6.07 Å². The molecule has 5 aliphatic heterocycles. The van der Waals surface area contributed by atoms with Gasteiger partial charge >= 0.3 is 0 Å². The van der Waals surface area contributed by atoms with Crippen molar-refractivity contribution in [1.82, 2.24) is 9.80 Å². The molecule has 8 heteroatoms. The molecule has 3 aliphatic carbocycles. The van der Waals surface area contributed by atoms with Gasteiger partial charge in [0.1, 0.15) is 12.3 Å². The number of aromatic hydroxyl groups is 1. The zero-order valence-corrected chi connectivity index (χ0v) is 18.6. The fourth-order valence-corrected chi connectivity index (χ4v) is 8.88. The van der Waals surface area contributed by atoms with Crippen LogP contribution in [0.15, 0.2) is 12.1 Å². The Hall–Kier alpha value is -1.42. The predicted octanol–water partition coefficient (Wildman–Crippen LogP) is 1.07. The summed E-state index contributed by atoms with van der Waals surface area (Å²) < 4.78 is 25.8. The van der Waals surface area contributed by atoms with Crippen LogP contribution in [0, 0.1) is 5.92 Å². The van der Waals surface area contributed by atoms with Crippen molar-refractivity contribution in [3.63, 3.8) is 0 Å². The first-order valence-corrected chi connectivity index (χ1v) is 12.7. The molecule has 1 aromatic rings. The molecule has 8 aliphatic rings. The number of fused-ring (bicyclic) bond motifs is 2. The van der Waals surface area contributed by atoms with Gasteiger partial charge in [0.05, 0.1) is 30.3 Å². The fourth-order valence-electron chi connectivity index (χ4n) is 8.88. The third-order valence-electron chi connectivity index (χ3n) is 10.4. The van der Waals surface area contributed by atoms with Crippen LogP contribution in [0.25, 0.3) is 0 Å². The molecule has 8 nitrogen and oxygen atoms in total. The molecule has 2 N–H and O–H groups in total. The van der Waals surface area contributed by atoms with E-state index < -0.39 is 29.1 Å². The highest BCUT2D eigenvalue weighted by Gasteiger charge is 2.80. The maximum atomic E-state index is 12.7. The van der Waals surface area contributed by atoms with Crippen LogP contribution in [0.1, 0.15) is 43.2 Å². The molecular formula is C25H30N2O6. The van der Waals surface area contributed by atoms with E-state index in [0.29, 0.717) is 31.8 Å². The number of ether oxygens (including phenoxy) is 4. The van der Waals surface area contributed by atoms with E-state index in [4.69, 9.17) is 18.9 Å². The third-order valence-corrected chi connectivity index (χ3v) is 10.4. The second kappa shape index (κ2) is 5.69. The first-order valence-electron chi connectivity index (χ1n) is 12.7. The molecule has 6 fully saturated rings. The van der Waals surface area contributed by atoms with E-state index in [9.17, 15) is 10.2 Å². The second-order valence-corrected chi connectivity index (χ2v) is 11.7. The maximum Gasteiger partial charge on any atom is 0.222 e. The summed E-state index contributed by atoms with van der Waals surface area (Å²) in [7, 11) is 0. The van der Waals surface area contributed by atoms with Crippen LogP contribution in [0.3, 0.4) is 0 Å². The van der Waals surface area contributed by atoms with Gasteiger partial charge in [0.25, 0.3) is 0 Å². The first-order chi connectivity index (χ1) is 16.1. The average molecular weight is 455 g/mol. The van der Waals surface area contributed by atoms with E-state index in [0.717, 1.165) is 37.4 Å². The molecule has 4 saturated heterocycles. The number of phenolic OH excluding ortho intramolecular Hbond substituents is 1. The fraction of sp³-hybridized carbons (Fsp3) is 0.760. The molecule has 8 atom stereocenters. The molecule has 33 heavy (non-hydrogen) atoms. The standard InChI is InChI=1S/C25H30N2O6/c28-16-4-3-14-9-17-25(29)6-5-24(21-27-15(11-30-21)12-31-22(27)33-24)20-23(25,18(14)19(16)32-20)7-8-26(17)10-13-1-2-13/h3-4,13,15,17,20-22,28-29H,1-2,5-12H2/t15-,17-,20-,21-,22+,23+,24+,25-/m1/s1. The predicted molar refractivity (Wildman–Crippen MR) is 114 cm³/mol. The number of hydrogen-bond donors (Lipinski definition) is 2. The summed E-state index contributed by atoms with van der Waals surface area (Å²) in [6.07, 6.45) is 4.42. The number of nitrogens with zero attached hydrogens (tertiary/aromatic N) is 2. The highest BCUT2D eigenvalue weighted by Crippen LogP contribution is 2.69. The summed E-state index contributed by atoms with van der Waals surface area (Å²) in [6.45, 7) is 3.28. The number of likely N-dealkylation sites (tertiary alicyclic amines) is 1. The Morgan fingerprint density at radius 2 is 1.97 bits per heavy atom. The van der Waals surface area contributed by atoms with Gasteiger partial charge < -0.3 is 29.2 Å². The Balaban J connectivity index is 1.24. The van der Waals surface area contributed by atoms with Gasteiger partial charge in [-0.25, -0.2) is 4.90 Å². The van der Waals surface area contributed by atoms with Crippen LogP contribution < -0.4 is 4.74 Å². The van der Waals surface area contributed by atoms with E-state index in [1.807, 2.05) is 0 Å². The second-order valence-electron chi connectivity index (χ2n) is 11.7. The zero-order valence-electron chi connectivity index (χ0n) is 18.6. The SMILES string of the molecule is Oc1ccc2c3c1O[C@H]1[C@]4(CC[C@@]5(O)[C@@H](C2)N(CC2CC2)CC[C@]315)O[C@@H]1OC[C@H]2CO[C@H]4N21. The number of hydrogen-bond acceptors (Lipinski definition) is 8. The number of benzene rings is 1.